The van der Waals surface area contributed by atoms with Gasteiger partial charge in [0.15, 0.2) is 5.12 Å². The van der Waals surface area contributed by atoms with Gasteiger partial charge in [-0.2, -0.15) is 0 Å². The van der Waals surface area contributed by atoms with E-state index in [0.29, 0.717) is 19.3 Å². The van der Waals surface area contributed by atoms with E-state index in [4.69, 9.17) is 0 Å². The molecule has 1 rings (SSSR count). The van der Waals surface area contributed by atoms with Gasteiger partial charge in [-0.3, -0.25) is 9.59 Å². The summed E-state index contributed by atoms with van der Waals surface area (Å²) in [5, 5.41) is 0.135. The maximum Gasteiger partial charge on any atom is 0.192 e. The number of hydrogen-bond acceptors (Lipinski definition) is 3. The van der Waals surface area contributed by atoms with Gasteiger partial charge in [0.1, 0.15) is 5.78 Å². The lowest BCUT2D eigenvalue weighted by Crippen LogP contribution is -2.45. The number of allylic oxidation sites excluding steroid dienone is 2. The Kier molecular flexibility index (Phi) is 5.60. The van der Waals surface area contributed by atoms with Gasteiger partial charge in [0.2, 0.25) is 0 Å². The van der Waals surface area contributed by atoms with Crippen LogP contribution in [0.15, 0.2) is 24.3 Å². The summed E-state index contributed by atoms with van der Waals surface area (Å²) in [7, 11) is 0. The Labute approximate surface area is 120 Å². The van der Waals surface area contributed by atoms with Crippen molar-refractivity contribution in [2.75, 3.05) is 6.26 Å². The first-order valence-corrected chi connectivity index (χ1v) is 7.96. The third kappa shape index (κ3) is 3.59. The number of ketones is 1. The van der Waals surface area contributed by atoms with Gasteiger partial charge in [-0.25, -0.2) is 0 Å². The highest BCUT2D eigenvalue weighted by molar-refractivity contribution is 8.13. The molecule has 1 aliphatic rings. The van der Waals surface area contributed by atoms with E-state index in [2.05, 4.69) is 13.2 Å². The zero-order chi connectivity index (χ0) is 14.6. The third-order valence-electron chi connectivity index (χ3n) is 3.84. The van der Waals surface area contributed by atoms with Crippen molar-refractivity contribution in [3.05, 3.63) is 24.3 Å². The van der Waals surface area contributed by atoms with Gasteiger partial charge in [-0.15, -0.1) is 13.2 Å². The van der Waals surface area contributed by atoms with Crippen molar-refractivity contribution in [1.82, 2.24) is 0 Å². The van der Waals surface area contributed by atoms with Gasteiger partial charge in [0.25, 0.3) is 0 Å². The van der Waals surface area contributed by atoms with E-state index in [0.717, 1.165) is 24.0 Å². The molecule has 0 N–H and O–H groups in total. The van der Waals surface area contributed by atoms with Crippen molar-refractivity contribution in [1.29, 1.82) is 0 Å². The van der Waals surface area contributed by atoms with Gasteiger partial charge in [0.05, 0.1) is 0 Å². The third-order valence-corrected chi connectivity index (χ3v) is 4.53. The largest absolute Gasteiger partial charge is 0.299 e. The number of Topliss-reactive ketones (excluding diaryl/α,β-unsaturated/α-hetero) is 1. The average Bonchev–Trinajstić information content (AvgIpc) is 2.30. The smallest absolute Gasteiger partial charge is 0.192 e. The molecule has 0 saturated heterocycles. The molecule has 1 fully saturated rings. The molecule has 3 heteroatoms. The maximum atomic E-state index is 12.6. The quantitative estimate of drug-likeness (QED) is 0.709. The number of carbonyl (C=O) groups excluding carboxylic acids is 2. The van der Waals surface area contributed by atoms with Crippen molar-refractivity contribution < 1.29 is 9.59 Å². The Bertz CT molecular complexity index is 393. The van der Waals surface area contributed by atoms with E-state index in [9.17, 15) is 9.59 Å². The van der Waals surface area contributed by atoms with Crippen LogP contribution in [0.25, 0.3) is 0 Å². The molecule has 0 aromatic carbocycles. The highest BCUT2D eigenvalue weighted by atomic mass is 32.2. The summed E-state index contributed by atoms with van der Waals surface area (Å²) in [6.07, 6.45) is 5.23. The van der Waals surface area contributed by atoms with Crippen molar-refractivity contribution in [2.24, 2.45) is 11.3 Å². The SMILES string of the molecule is C=C(C)CC1(CC(=C)C)C(=O)CCCC1C(=O)SC. The fraction of sp³-hybridized carbons (Fsp3) is 0.625. The number of hydrogen-bond donors (Lipinski definition) is 0. The molecule has 1 saturated carbocycles. The van der Waals surface area contributed by atoms with E-state index < -0.39 is 5.41 Å². The number of thioether (sulfide) groups is 1. The summed E-state index contributed by atoms with van der Waals surface area (Å²) in [5.41, 5.74) is 1.35. The lowest BCUT2D eigenvalue weighted by atomic mass is 9.60. The monoisotopic (exact) mass is 280 g/mol. The molecular weight excluding hydrogens is 256 g/mol. The molecule has 1 atom stereocenters. The Morgan fingerprint density at radius 2 is 1.84 bits per heavy atom. The zero-order valence-electron chi connectivity index (χ0n) is 12.3. The normalized spacial score (nSPS) is 22.1. The Balaban J connectivity index is 3.23. The highest BCUT2D eigenvalue weighted by Crippen LogP contribution is 2.48. The average molecular weight is 280 g/mol. The Morgan fingerprint density at radius 1 is 1.32 bits per heavy atom. The summed E-state index contributed by atoms with van der Waals surface area (Å²) in [5.74, 6) is 0.0364. The van der Waals surface area contributed by atoms with Crippen molar-refractivity contribution in [3.63, 3.8) is 0 Å². The van der Waals surface area contributed by atoms with Crippen LogP contribution >= 0.6 is 11.8 Å². The summed E-state index contributed by atoms with van der Waals surface area (Å²) in [6, 6.07) is 0. The van der Waals surface area contributed by atoms with E-state index in [1.54, 1.807) is 6.26 Å². The molecule has 1 unspecified atom stereocenters. The van der Waals surface area contributed by atoms with E-state index in [-0.39, 0.29) is 16.8 Å². The molecular formula is C16H24O2S. The Morgan fingerprint density at radius 3 is 2.26 bits per heavy atom. The topological polar surface area (TPSA) is 34.1 Å². The second kappa shape index (κ2) is 6.56. The second-order valence-corrected chi connectivity index (χ2v) is 6.63. The van der Waals surface area contributed by atoms with Gasteiger partial charge in [-0.1, -0.05) is 22.9 Å². The van der Waals surface area contributed by atoms with Crippen LogP contribution in [0.1, 0.15) is 46.0 Å². The molecule has 0 aromatic heterocycles. The molecule has 0 amide bonds. The summed E-state index contributed by atoms with van der Waals surface area (Å²) < 4.78 is 0. The maximum absolute atomic E-state index is 12.6. The van der Waals surface area contributed by atoms with Crippen LogP contribution < -0.4 is 0 Å². The van der Waals surface area contributed by atoms with Gasteiger partial charge in [-0.05, 0) is 45.8 Å². The van der Waals surface area contributed by atoms with Gasteiger partial charge in [0, 0.05) is 17.8 Å². The fourth-order valence-electron chi connectivity index (χ4n) is 3.26. The predicted octanol–water partition coefficient (Wildman–Crippen LogP) is 4.16. The van der Waals surface area contributed by atoms with Crippen molar-refractivity contribution in [2.45, 2.75) is 46.0 Å². The van der Waals surface area contributed by atoms with Crippen LogP contribution in [-0.2, 0) is 9.59 Å². The highest BCUT2D eigenvalue weighted by Gasteiger charge is 2.49. The van der Waals surface area contributed by atoms with Crippen LogP contribution in [-0.4, -0.2) is 17.2 Å². The van der Waals surface area contributed by atoms with Crippen LogP contribution in [0.5, 0.6) is 0 Å². The van der Waals surface area contributed by atoms with E-state index >= 15 is 0 Å². The molecule has 2 nitrogen and oxygen atoms in total. The first-order chi connectivity index (χ1) is 8.83. The molecule has 0 heterocycles. The van der Waals surface area contributed by atoms with Gasteiger partial charge >= 0.3 is 0 Å². The lowest BCUT2D eigenvalue weighted by Gasteiger charge is -2.42. The Hall–Kier alpha value is -0.830. The summed E-state index contributed by atoms with van der Waals surface area (Å²) in [6.45, 7) is 11.8. The molecule has 0 bridgehead atoms. The second-order valence-electron chi connectivity index (χ2n) is 5.82. The zero-order valence-corrected chi connectivity index (χ0v) is 13.1. The van der Waals surface area contributed by atoms with E-state index in [1.165, 1.54) is 11.8 Å². The number of carbonyl (C=O) groups is 2. The fourth-order valence-corrected chi connectivity index (χ4v) is 3.88. The summed E-state index contributed by atoms with van der Waals surface area (Å²) >= 11 is 1.24. The van der Waals surface area contributed by atoms with Crippen LogP contribution in [0, 0.1) is 11.3 Å². The molecule has 0 spiro atoms. The molecule has 19 heavy (non-hydrogen) atoms. The van der Waals surface area contributed by atoms with Crippen LogP contribution in [0.2, 0.25) is 0 Å². The van der Waals surface area contributed by atoms with E-state index in [1.807, 2.05) is 13.8 Å². The lowest BCUT2D eigenvalue weighted by molar-refractivity contribution is -0.140. The van der Waals surface area contributed by atoms with Crippen LogP contribution in [0.3, 0.4) is 0 Å². The van der Waals surface area contributed by atoms with Crippen molar-refractivity contribution in [3.8, 4) is 0 Å². The first kappa shape index (κ1) is 16.2. The van der Waals surface area contributed by atoms with Gasteiger partial charge < -0.3 is 0 Å². The summed E-state index contributed by atoms with van der Waals surface area (Å²) in [4.78, 5) is 24.8. The molecule has 0 aliphatic heterocycles. The predicted molar refractivity (Wildman–Crippen MR) is 82.2 cm³/mol. The molecule has 106 valence electrons. The molecule has 0 radical (unpaired) electrons. The number of rotatable bonds is 5. The minimum Gasteiger partial charge on any atom is -0.299 e. The molecule has 1 aliphatic carbocycles. The standard InChI is InChI=1S/C16H24O2S/c1-11(2)9-16(10-12(3)4)13(15(18)19-5)7-6-8-14(16)17/h13H,1,3,6-10H2,2,4-5H3. The minimum atomic E-state index is -0.587. The van der Waals surface area contributed by atoms with Crippen molar-refractivity contribution >= 4 is 22.7 Å². The minimum absolute atomic E-state index is 0.135. The first-order valence-electron chi connectivity index (χ1n) is 6.73. The molecule has 0 aromatic rings. The van der Waals surface area contributed by atoms with Crippen LogP contribution in [0.4, 0.5) is 0 Å².